The van der Waals surface area contributed by atoms with Crippen molar-refractivity contribution in [2.24, 2.45) is 5.73 Å². The molecule has 0 spiro atoms. The summed E-state index contributed by atoms with van der Waals surface area (Å²) < 4.78 is 48.9. The lowest BCUT2D eigenvalue weighted by Gasteiger charge is -2.11. The summed E-state index contributed by atoms with van der Waals surface area (Å²) in [7, 11) is -6.91. The van der Waals surface area contributed by atoms with Crippen molar-refractivity contribution in [3.63, 3.8) is 0 Å². The number of pyridine rings is 1. The van der Waals surface area contributed by atoms with Crippen molar-refractivity contribution in [1.82, 2.24) is 9.71 Å². The van der Waals surface area contributed by atoms with Gasteiger partial charge in [-0.2, -0.15) is 0 Å². The van der Waals surface area contributed by atoms with Gasteiger partial charge in [-0.1, -0.05) is 6.07 Å². The van der Waals surface area contributed by atoms with Gasteiger partial charge in [0.1, 0.15) is 0 Å². The van der Waals surface area contributed by atoms with Gasteiger partial charge in [-0.3, -0.25) is 0 Å². The third-order valence-corrected chi connectivity index (χ3v) is 6.07. The number of hydrogen-bond donors (Lipinski definition) is 2. The van der Waals surface area contributed by atoms with Crippen molar-refractivity contribution >= 4 is 19.9 Å². The molecule has 0 amide bonds. The van der Waals surface area contributed by atoms with E-state index >= 15 is 0 Å². The Balaban J connectivity index is 2.14. The zero-order valence-corrected chi connectivity index (χ0v) is 11.7. The molecule has 0 aliphatic carbocycles. The number of aromatic nitrogens is 1. The molecule has 1 aliphatic rings. The second-order valence-electron chi connectivity index (χ2n) is 4.43. The van der Waals surface area contributed by atoms with Gasteiger partial charge in [0.05, 0.1) is 11.5 Å². The topological polar surface area (TPSA) is 119 Å². The number of hydrogen-bond acceptors (Lipinski definition) is 6. The van der Waals surface area contributed by atoms with Crippen LogP contribution in [0, 0.1) is 0 Å². The summed E-state index contributed by atoms with van der Waals surface area (Å²) in [5.41, 5.74) is 6.12. The predicted molar refractivity (Wildman–Crippen MR) is 69.5 cm³/mol. The van der Waals surface area contributed by atoms with Crippen molar-refractivity contribution in [3.05, 3.63) is 23.9 Å². The third kappa shape index (κ3) is 3.50. The number of sulfonamides is 1. The Morgan fingerprint density at radius 2 is 2.16 bits per heavy atom. The number of nitrogens with one attached hydrogen (secondary N) is 1. The normalized spacial score (nSPS) is 22.5. The van der Waals surface area contributed by atoms with Crippen LogP contribution in [0.2, 0.25) is 0 Å². The summed E-state index contributed by atoms with van der Waals surface area (Å²) in [5.74, 6) is -0.146. The van der Waals surface area contributed by atoms with E-state index in [1.807, 2.05) is 0 Å². The minimum atomic E-state index is -3.79. The first-order chi connectivity index (χ1) is 8.82. The highest BCUT2D eigenvalue weighted by Gasteiger charge is 2.31. The van der Waals surface area contributed by atoms with Crippen LogP contribution in [-0.2, 0) is 26.4 Å². The van der Waals surface area contributed by atoms with Crippen molar-refractivity contribution in [3.8, 4) is 0 Å². The van der Waals surface area contributed by atoms with Crippen LogP contribution in [0.25, 0.3) is 0 Å². The monoisotopic (exact) mass is 305 g/mol. The first-order valence-electron chi connectivity index (χ1n) is 5.70. The van der Waals surface area contributed by atoms with Crippen LogP contribution in [-0.4, -0.2) is 39.4 Å². The van der Waals surface area contributed by atoms with E-state index in [1.54, 1.807) is 6.07 Å². The number of rotatable bonds is 4. The Labute approximate surface area is 112 Å². The number of sulfone groups is 1. The molecule has 2 rings (SSSR count). The van der Waals surface area contributed by atoms with Crippen LogP contribution < -0.4 is 10.5 Å². The second-order valence-corrected chi connectivity index (χ2v) is 8.32. The molecular formula is C10H15N3O4S2. The van der Waals surface area contributed by atoms with E-state index in [0.717, 1.165) is 5.56 Å². The van der Waals surface area contributed by atoms with Gasteiger partial charge in [0, 0.05) is 18.8 Å². The van der Waals surface area contributed by atoms with Crippen molar-refractivity contribution in [1.29, 1.82) is 0 Å². The molecule has 0 radical (unpaired) electrons. The maximum absolute atomic E-state index is 12.0. The largest absolute Gasteiger partial charge is 0.326 e. The van der Waals surface area contributed by atoms with E-state index in [4.69, 9.17) is 5.73 Å². The molecule has 1 fully saturated rings. The van der Waals surface area contributed by atoms with Gasteiger partial charge in [-0.25, -0.2) is 26.5 Å². The molecular weight excluding hydrogens is 290 g/mol. The number of nitrogens with two attached hydrogens (primary N) is 1. The smallest absolute Gasteiger partial charge is 0.258 e. The highest BCUT2D eigenvalue weighted by molar-refractivity contribution is 7.92. The van der Waals surface area contributed by atoms with Crippen molar-refractivity contribution in [2.75, 3.05) is 11.5 Å². The van der Waals surface area contributed by atoms with Gasteiger partial charge < -0.3 is 5.73 Å². The molecule has 3 N–H and O–H groups in total. The quantitative estimate of drug-likeness (QED) is 0.737. The molecule has 106 valence electrons. The molecule has 0 saturated carbocycles. The van der Waals surface area contributed by atoms with Gasteiger partial charge in [0.2, 0.25) is 0 Å². The first-order valence-corrected chi connectivity index (χ1v) is 9.00. The summed E-state index contributed by atoms with van der Waals surface area (Å²) in [6, 6.07) is 2.35. The average Bonchev–Trinajstić information content (AvgIpc) is 2.68. The lowest BCUT2D eigenvalue weighted by Crippen LogP contribution is -2.36. The Bertz CT molecular complexity index is 653. The first kappa shape index (κ1) is 14.4. The number of nitrogens with zero attached hydrogens (tertiary/aromatic N) is 1. The Morgan fingerprint density at radius 1 is 1.42 bits per heavy atom. The fraction of sp³-hybridized carbons (Fsp3) is 0.500. The summed E-state index contributed by atoms with van der Waals surface area (Å²) in [4.78, 5) is 3.82. The lowest BCUT2D eigenvalue weighted by atomic mass is 10.3. The van der Waals surface area contributed by atoms with E-state index in [2.05, 4.69) is 9.71 Å². The van der Waals surface area contributed by atoms with Gasteiger partial charge in [-0.15, -0.1) is 0 Å². The molecule has 2 heterocycles. The van der Waals surface area contributed by atoms with Crippen LogP contribution in [0.4, 0.5) is 0 Å². The van der Waals surface area contributed by atoms with E-state index in [0.29, 0.717) is 6.42 Å². The zero-order chi connectivity index (χ0) is 14.1. The van der Waals surface area contributed by atoms with Crippen LogP contribution in [0.5, 0.6) is 0 Å². The Hall–Kier alpha value is -1.03. The lowest BCUT2D eigenvalue weighted by molar-refractivity contribution is 0.558. The minimum absolute atomic E-state index is 0.0136. The average molecular weight is 305 g/mol. The van der Waals surface area contributed by atoms with E-state index < -0.39 is 25.9 Å². The van der Waals surface area contributed by atoms with Crippen LogP contribution in [0.3, 0.4) is 0 Å². The maximum Gasteiger partial charge on any atom is 0.258 e. The molecule has 7 nitrogen and oxygen atoms in total. The SMILES string of the molecule is NCc1ccc(S(=O)(=O)NC2CCS(=O)(=O)C2)nc1. The van der Waals surface area contributed by atoms with E-state index in [1.165, 1.54) is 12.3 Å². The van der Waals surface area contributed by atoms with Crippen molar-refractivity contribution in [2.45, 2.75) is 24.0 Å². The zero-order valence-electron chi connectivity index (χ0n) is 10.1. The minimum Gasteiger partial charge on any atom is -0.326 e. The summed E-state index contributed by atoms with van der Waals surface area (Å²) in [6.45, 7) is 0.279. The standard InChI is InChI=1S/C10H15N3O4S2/c11-5-8-1-2-10(12-6-8)19(16,17)13-9-3-4-18(14,15)7-9/h1-2,6,9,13H,3-5,7,11H2. The second kappa shape index (κ2) is 5.16. The summed E-state index contributed by atoms with van der Waals surface area (Å²) in [5, 5.41) is -0.131. The van der Waals surface area contributed by atoms with Gasteiger partial charge >= 0.3 is 0 Å². The summed E-state index contributed by atoms with van der Waals surface area (Å²) >= 11 is 0. The van der Waals surface area contributed by atoms with Crippen LogP contribution in [0.1, 0.15) is 12.0 Å². The van der Waals surface area contributed by atoms with Gasteiger partial charge in [-0.05, 0) is 18.1 Å². The fourth-order valence-electron chi connectivity index (χ4n) is 1.86. The third-order valence-electron chi connectivity index (χ3n) is 2.86. The molecule has 9 heteroatoms. The molecule has 0 aromatic carbocycles. The summed E-state index contributed by atoms with van der Waals surface area (Å²) in [6.07, 6.45) is 1.68. The van der Waals surface area contributed by atoms with Gasteiger partial charge in [0.25, 0.3) is 10.0 Å². The van der Waals surface area contributed by atoms with E-state index in [-0.39, 0.29) is 23.1 Å². The predicted octanol–water partition coefficient (Wildman–Crippen LogP) is -0.994. The Kier molecular flexibility index (Phi) is 3.90. The molecule has 1 atom stereocenters. The molecule has 1 saturated heterocycles. The molecule has 0 bridgehead atoms. The molecule has 19 heavy (non-hydrogen) atoms. The van der Waals surface area contributed by atoms with E-state index in [9.17, 15) is 16.8 Å². The van der Waals surface area contributed by atoms with Crippen LogP contribution >= 0.6 is 0 Å². The maximum atomic E-state index is 12.0. The highest BCUT2D eigenvalue weighted by Crippen LogP contribution is 2.14. The highest BCUT2D eigenvalue weighted by atomic mass is 32.2. The fourth-order valence-corrected chi connectivity index (χ4v) is 4.84. The van der Waals surface area contributed by atoms with Crippen LogP contribution in [0.15, 0.2) is 23.4 Å². The molecule has 1 unspecified atom stereocenters. The molecule has 1 aromatic rings. The molecule has 1 aliphatic heterocycles. The van der Waals surface area contributed by atoms with Crippen molar-refractivity contribution < 1.29 is 16.8 Å². The molecule has 1 aromatic heterocycles. The van der Waals surface area contributed by atoms with Gasteiger partial charge in [0.15, 0.2) is 14.9 Å². The Morgan fingerprint density at radius 3 is 2.63 bits per heavy atom.